The molecule has 5 rings (SSSR count). The summed E-state index contributed by atoms with van der Waals surface area (Å²) in [6.45, 7) is 2.36. The highest BCUT2D eigenvalue weighted by atomic mass is 16.2. The summed E-state index contributed by atoms with van der Waals surface area (Å²) in [5.41, 5.74) is 4.04. The second-order valence-corrected chi connectivity index (χ2v) is 10.00. The molecule has 1 N–H and O–H groups in total. The van der Waals surface area contributed by atoms with Crippen LogP contribution in [0.5, 0.6) is 0 Å². The zero-order chi connectivity index (χ0) is 27.7. The molecule has 3 heterocycles. The van der Waals surface area contributed by atoms with Crippen LogP contribution in [0.1, 0.15) is 60.0 Å². The molecule has 0 spiro atoms. The Kier molecular flexibility index (Phi) is 6.98. The first-order valence-electron chi connectivity index (χ1n) is 12.6. The molecule has 0 unspecified atom stereocenters. The van der Waals surface area contributed by atoms with Crippen molar-refractivity contribution in [1.29, 1.82) is 0 Å². The Balaban J connectivity index is 1.50. The van der Waals surface area contributed by atoms with Gasteiger partial charge < -0.3 is 9.80 Å². The molecule has 0 aliphatic carbocycles. The standard InChI is InChI=1S/C30H29N5O4/c1-19-9-10-31-24(11-19)26(37)16-25(36)23-14-21(12-20-7-5-4-6-8-20)13-22(15-23)17-35-28-27(32-30(35)39)29(38)34(3)18-33(28)2/h4-11,13-15H,12,16-18H2,1-3H3,(H,32,39). The maximum Gasteiger partial charge on any atom is 0.328 e. The third-order valence-corrected chi connectivity index (χ3v) is 6.79. The molecular weight excluding hydrogens is 494 g/mol. The lowest BCUT2D eigenvalue weighted by atomic mass is 9.96. The number of H-pyrrole nitrogens is 1. The molecule has 2 aromatic heterocycles. The summed E-state index contributed by atoms with van der Waals surface area (Å²) in [6, 6.07) is 18.8. The number of carbonyl (C=O) groups excluding carboxylic acids is 3. The van der Waals surface area contributed by atoms with E-state index in [-0.39, 0.29) is 41.8 Å². The Morgan fingerprint density at radius 3 is 2.38 bits per heavy atom. The molecule has 1 aliphatic heterocycles. The summed E-state index contributed by atoms with van der Waals surface area (Å²) in [4.78, 5) is 61.9. The van der Waals surface area contributed by atoms with Crippen LogP contribution in [-0.4, -0.2) is 57.7 Å². The van der Waals surface area contributed by atoms with E-state index in [4.69, 9.17) is 0 Å². The fourth-order valence-corrected chi connectivity index (χ4v) is 4.95. The average Bonchev–Trinajstić information content (AvgIpc) is 3.24. The minimum atomic E-state index is -0.405. The molecule has 1 amide bonds. The SMILES string of the molecule is Cc1ccnc(C(=O)CC(=O)c2cc(Cc3ccccc3)cc(Cn3c4c([nH]c3=O)C(=O)N(C)CN4C)c2)c1. The van der Waals surface area contributed by atoms with Crippen molar-refractivity contribution in [2.45, 2.75) is 26.3 Å². The highest BCUT2D eigenvalue weighted by Crippen LogP contribution is 2.25. The second-order valence-electron chi connectivity index (χ2n) is 10.00. The molecule has 198 valence electrons. The molecule has 2 aromatic carbocycles. The fraction of sp³-hybridized carbons (Fsp3) is 0.233. The molecule has 4 aromatic rings. The zero-order valence-electron chi connectivity index (χ0n) is 22.1. The van der Waals surface area contributed by atoms with Gasteiger partial charge in [-0.25, -0.2) is 4.79 Å². The number of benzene rings is 2. The van der Waals surface area contributed by atoms with E-state index in [0.717, 1.165) is 22.3 Å². The van der Waals surface area contributed by atoms with Crippen molar-refractivity contribution in [3.05, 3.63) is 117 Å². The highest BCUT2D eigenvalue weighted by Gasteiger charge is 2.31. The number of ketones is 2. The predicted molar refractivity (Wildman–Crippen MR) is 147 cm³/mol. The second kappa shape index (κ2) is 10.5. The maximum atomic E-state index is 13.3. The van der Waals surface area contributed by atoms with Crippen molar-refractivity contribution < 1.29 is 14.4 Å². The number of Topliss-reactive ketones (excluding diaryl/α,β-unsaturated/α-hetero) is 2. The summed E-state index contributed by atoms with van der Waals surface area (Å²) in [6.07, 6.45) is 1.82. The molecule has 39 heavy (non-hydrogen) atoms. The van der Waals surface area contributed by atoms with Crippen LogP contribution >= 0.6 is 0 Å². The van der Waals surface area contributed by atoms with Crippen LogP contribution < -0.4 is 10.6 Å². The van der Waals surface area contributed by atoms with Crippen molar-refractivity contribution in [2.24, 2.45) is 0 Å². The summed E-state index contributed by atoms with van der Waals surface area (Å²) in [5, 5.41) is 0. The molecule has 0 saturated carbocycles. The minimum absolute atomic E-state index is 0.155. The number of fused-ring (bicyclic) bond motifs is 1. The Labute approximate surface area is 225 Å². The van der Waals surface area contributed by atoms with Gasteiger partial charge >= 0.3 is 5.69 Å². The monoisotopic (exact) mass is 523 g/mol. The molecule has 0 radical (unpaired) electrons. The minimum Gasteiger partial charge on any atom is -0.341 e. The van der Waals surface area contributed by atoms with Gasteiger partial charge in [0, 0.05) is 25.9 Å². The smallest absolute Gasteiger partial charge is 0.328 e. The van der Waals surface area contributed by atoms with Crippen molar-refractivity contribution in [3.8, 4) is 0 Å². The lowest BCUT2D eigenvalue weighted by molar-refractivity contribution is 0.0777. The number of nitrogens with one attached hydrogen (secondary N) is 1. The van der Waals surface area contributed by atoms with Gasteiger partial charge in [0.15, 0.2) is 11.6 Å². The van der Waals surface area contributed by atoms with E-state index in [0.29, 0.717) is 24.5 Å². The topological polar surface area (TPSA) is 108 Å². The molecule has 9 nitrogen and oxygen atoms in total. The molecule has 0 saturated heterocycles. The highest BCUT2D eigenvalue weighted by molar-refractivity contribution is 6.13. The van der Waals surface area contributed by atoms with Gasteiger partial charge in [0.25, 0.3) is 5.91 Å². The van der Waals surface area contributed by atoms with Crippen LogP contribution in [-0.2, 0) is 13.0 Å². The summed E-state index contributed by atoms with van der Waals surface area (Å²) in [5.74, 6) is -0.420. The number of carbonyl (C=O) groups is 3. The van der Waals surface area contributed by atoms with E-state index in [2.05, 4.69) is 9.97 Å². The van der Waals surface area contributed by atoms with E-state index in [1.165, 1.54) is 9.47 Å². The number of imidazole rings is 1. The van der Waals surface area contributed by atoms with Gasteiger partial charge in [-0.3, -0.25) is 28.9 Å². The van der Waals surface area contributed by atoms with Crippen LogP contribution in [0.15, 0.2) is 71.7 Å². The number of rotatable bonds is 8. The number of amides is 1. The van der Waals surface area contributed by atoms with Crippen molar-refractivity contribution in [2.75, 3.05) is 25.7 Å². The molecule has 0 atom stereocenters. The van der Waals surface area contributed by atoms with Crippen molar-refractivity contribution >= 4 is 23.3 Å². The van der Waals surface area contributed by atoms with Crippen LogP contribution in [0, 0.1) is 6.92 Å². The van der Waals surface area contributed by atoms with Gasteiger partial charge in [-0.1, -0.05) is 36.4 Å². The van der Waals surface area contributed by atoms with Crippen molar-refractivity contribution in [3.63, 3.8) is 0 Å². The van der Waals surface area contributed by atoms with Crippen LogP contribution in [0.3, 0.4) is 0 Å². The summed E-state index contributed by atoms with van der Waals surface area (Å²) >= 11 is 0. The molecule has 0 fully saturated rings. The first-order valence-corrected chi connectivity index (χ1v) is 12.6. The lowest BCUT2D eigenvalue weighted by Crippen LogP contribution is -2.43. The third kappa shape index (κ3) is 5.43. The number of aromatic amines is 1. The Morgan fingerprint density at radius 1 is 0.897 bits per heavy atom. The van der Waals surface area contributed by atoms with Gasteiger partial charge in [-0.15, -0.1) is 0 Å². The summed E-state index contributed by atoms with van der Waals surface area (Å²) in [7, 11) is 3.49. The number of aryl methyl sites for hydroxylation is 1. The van der Waals surface area contributed by atoms with Crippen LogP contribution in [0.2, 0.25) is 0 Å². The lowest BCUT2D eigenvalue weighted by Gasteiger charge is -2.31. The zero-order valence-corrected chi connectivity index (χ0v) is 22.1. The Morgan fingerprint density at radius 2 is 1.64 bits per heavy atom. The van der Waals surface area contributed by atoms with E-state index in [9.17, 15) is 19.2 Å². The van der Waals surface area contributed by atoms with Crippen LogP contribution in [0.4, 0.5) is 5.82 Å². The quantitative estimate of drug-likeness (QED) is 0.280. The summed E-state index contributed by atoms with van der Waals surface area (Å²) < 4.78 is 1.51. The predicted octanol–water partition coefficient (Wildman–Crippen LogP) is 3.45. The largest absolute Gasteiger partial charge is 0.341 e. The number of hydrogen-bond donors (Lipinski definition) is 1. The Hall–Kier alpha value is -4.79. The number of aromatic nitrogens is 3. The van der Waals surface area contributed by atoms with E-state index in [1.54, 1.807) is 37.5 Å². The fourth-order valence-electron chi connectivity index (χ4n) is 4.95. The number of anilines is 1. The van der Waals surface area contributed by atoms with E-state index >= 15 is 0 Å². The molecule has 1 aliphatic rings. The van der Waals surface area contributed by atoms with E-state index in [1.807, 2.05) is 55.3 Å². The maximum absolute atomic E-state index is 13.3. The van der Waals surface area contributed by atoms with Gasteiger partial charge in [-0.05, 0) is 59.9 Å². The first kappa shape index (κ1) is 25.8. The van der Waals surface area contributed by atoms with Gasteiger partial charge in [0.2, 0.25) is 0 Å². The first-order chi connectivity index (χ1) is 18.7. The average molecular weight is 524 g/mol. The van der Waals surface area contributed by atoms with Gasteiger partial charge in [0.05, 0.1) is 19.6 Å². The van der Waals surface area contributed by atoms with Gasteiger partial charge in [0.1, 0.15) is 17.2 Å². The Bertz CT molecular complexity index is 1640. The normalized spacial score (nSPS) is 12.9. The molecule has 9 heteroatoms. The molecule has 0 bridgehead atoms. The number of pyridine rings is 1. The third-order valence-electron chi connectivity index (χ3n) is 6.79. The number of nitrogens with zero attached hydrogens (tertiary/aromatic N) is 4. The van der Waals surface area contributed by atoms with Crippen molar-refractivity contribution in [1.82, 2.24) is 19.4 Å². The van der Waals surface area contributed by atoms with Gasteiger partial charge in [-0.2, -0.15) is 0 Å². The van der Waals surface area contributed by atoms with Crippen LogP contribution in [0.25, 0.3) is 0 Å². The molecular formula is C30H29N5O4. The number of hydrogen-bond acceptors (Lipinski definition) is 6. The van der Waals surface area contributed by atoms with E-state index < -0.39 is 5.69 Å².